The van der Waals surface area contributed by atoms with E-state index in [-0.39, 0.29) is 23.8 Å². The number of amides is 1. The number of piperidine rings is 1. The van der Waals surface area contributed by atoms with Crippen LogP contribution in [-0.2, 0) is 11.3 Å². The Morgan fingerprint density at radius 2 is 2.14 bits per heavy atom. The summed E-state index contributed by atoms with van der Waals surface area (Å²) in [7, 11) is 1.96. The van der Waals surface area contributed by atoms with Crippen LogP contribution in [0.4, 0.5) is 16.0 Å². The molecule has 0 spiro atoms. The first kappa shape index (κ1) is 21.0. The van der Waals surface area contributed by atoms with Crippen LogP contribution in [0.5, 0.6) is 0 Å². The first-order valence-corrected chi connectivity index (χ1v) is 10.2. The number of nitrogens with two attached hydrogens (primary N) is 1. The summed E-state index contributed by atoms with van der Waals surface area (Å²) in [5.74, 6) is 0.425. The first-order chi connectivity index (χ1) is 13.8. The zero-order valence-corrected chi connectivity index (χ0v) is 17.5. The highest BCUT2D eigenvalue weighted by Crippen LogP contribution is 2.37. The van der Waals surface area contributed by atoms with Gasteiger partial charge in [0.05, 0.1) is 0 Å². The fraction of sp³-hybridized carbons (Fsp3) is 0.500. The fourth-order valence-electron chi connectivity index (χ4n) is 4.14. The summed E-state index contributed by atoms with van der Waals surface area (Å²) in [6.07, 6.45) is 5.60. The highest BCUT2D eigenvalue weighted by atomic mass is 19.1. The normalized spacial score (nSPS) is 19.4. The number of aryl methyl sites for hydroxylation is 1. The Bertz CT molecular complexity index is 874. The van der Waals surface area contributed by atoms with Gasteiger partial charge in [-0.15, -0.1) is 0 Å². The number of carbonyl (C=O) groups excluding carboxylic acids is 1. The van der Waals surface area contributed by atoms with Crippen LogP contribution in [0.25, 0.3) is 0 Å². The number of rotatable bonds is 7. The summed E-state index contributed by atoms with van der Waals surface area (Å²) in [5.41, 5.74) is 7.42. The van der Waals surface area contributed by atoms with Gasteiger partial charge in [-0.05, 0) is 56.9 Å². The lowest BCUT2D eigenvalue weighted by Crippen LogP contribution is -2.55. The third-order valence-electron chi connectivity index (χ3n) is 6.00. The fourth-order valence-corrected chi connectivity index (χ4v) is 4.14. The summed E-state index contributed by atoms with van der Waals surface area (Å²) < 4.78 is 14.4. The number of halogens is 1. The summed E-state index contributed by atoms with van der Waals surface area (Å²) in [6, 6.07) is 6.41. The Hall–Kier alpha value is -2.70. The molecule has 1 amide bonds. The number of carbonyl (C=O) groups is 1. The van der Waals surface area contributed by atoms with Gasteiger partial charge < -0.3 is 15.5 Å². The van der Waals surface area contributed by atoms with Gasteiger partial charge in [-0.2, -0.15) is 0 Å². The quantitative estimate of drug-likeness (QED) is 0.719. The summed E-state index contributed by atoms with van der Waals surface area (Å²) in [4.78, 5) is 25.6. The number of aromatic nitrogens is 2. The van der Waals surface area contributed by atoms with Gasteiger partial charge in [-0.25, -0.2) is 14.4 Å². The van der Waals surface area contributed by atoms with Crippen LogP contribution in [0.2, 0.25) is 0 Å². The molecule has 0 aliphatic carbocycles. The predicted molar refractivity (Wildman–Crippen MR) is 113 cm³/mol. The van der Waals surface area contributed by atoms with E-state index in [1.807, 2.05) is 29.8 Å². The Balaban J connectivity index is 1.81. The van der Waals surface area contributed by atoms with Crippen molar-refractivity contribution >= 4 is 17.5 Å². The third kappa shape index (κ3) is 4.66. The van der Waals surface area contributed by atoms with Gasteiger partial charge in [0.15, 0.2) is 0 Å². The summed E-state index contributed by atoms with van der Waals surface area (Å²) in [5, 5.41) is 0. The van der Waals surface area contributed by atoms with E-state index in [2.05, 4.69) is 16.9 Å². The second-order valence-electron chi connectivity index (χ2n) is 7.93. The van der Waals surface area contributed by atoms with Crippen molar-refractivity contribution in [1.82, 2.24) is 14.9 Å². The molecular formula is C22H30FN5O. The molecule has 0 radical (unpaired) electrons. The number of hydrogen-bond donors (Lipinski definition) is 1. The van der Waals surface area contributed by atoms with E-state index in [4.69, 9.17) is 5.73 Å². The monoisotopic (exact) mass is 399 g/mol. The van der Waals surface area contributed by atoms with E-state index in [9.17, 15) is 9.18 Å². The Morgan fingerprint density at radius 1 is 1.34 bits per heavy atom. The molecule has 3 rings (SSSR count). The number of likely N-dealkylation sites (tertiary alicyclic amines) is 1. The maximum absolute atomic E-state index is 14.4. The minimum absolute atomic E-state index is 0.0781. The lowest BCUT2D eigenvalue weighted by atomic mass is 9.80. The van der Waals surface area contributed by atoms with Crippen molar-refractivity contribution in [3.05, 3.63) is 47.5 Å². The zero-order valence-electron chi connectivity index (χ0n) is 17.5. The van der Waals surface area contributed by atoms with Crippen LogP contribution in [0.1, 0.15) is 50.3 Å². The molecule has 1 saturated heterocycles. The SMILES string of the molecule is CCC1(CCN(C)c2nccc(C)n2)CCCC(=O)N1Cc1cc(N)ccc1F. The summed E-state index contributed by atoms with van der Waals surface area (Å²) >= 11 is 0. The van der Waals surface area contributed by atoms with Gasteiger partial charge in [0.25, 0.3) is 0 Å². The molecule has 1 aromatic heterocycles. The average Bonchev–Trinajstić information content (AvgIpc) is 2.71. The zero-order chi connectivity index (χ0) is 21.0. The molecule has 2 N–H and O–H groups in total. The minimum Gasteiger partial charge on any atom is -0.399 e. The third-order valence-corrected chi connectivity index (χ3v) is 6.00. The number of nitrogens with zero attached hydrogens (tertiary/aromatic N) is 4. The Kier molecular flexibility index (Phi) is 6.35. The molecule has 2 heterocycles. The maximum Gasteiger partial charge on any atom is 0.225 e. The van der Waals surface area contributed by atoms with E-state index in [0.29, 0.717) is 30.2 Å². The number of anilines is 2. The predicted octanol–water partition coefficient (Wildman–Crippen LogP) is 3.69. The van der Waals surface area contributed by atoms with Crippen molar-refractivity contribution < 1.29 is 9.18 Å². The lowest BCUT2D eigenvalue weighted by Gasteiger charge is -2.48. The largest absolute Gasteiger partial charge is 0.399 e. The second kappa shape index (κ2) is 8.76. The number of benzene rings is 1. The van der Waals surface area contributed by atoms with Crippen LogP contribution in [0, 0.1) is 12.7 Å². The molecule has 29 heavy (non-hydrogen) atoms. The van der Waals surface area contributed by atoms with E-state index in [1.165, 1.54) is 6.07 Å². The molecular weight excluding hydrogens is 369 g/mol. The molecule has 0 bridgehead atoms. The molecule has 2 aromatic rings. The molecule has 1 unspecified atom stereocenters. The molecule has 0 saturated carbocycles. The first-order valence-electron chi connectivity index (χ1n) is 10.2. The van der Waals surface area contributed by atoms with Crippen LogP contribution >= 0.6 is 0 Å². The van der Waals surface area contributed by atoms with E-state index in [0.717, 1.165) is 31.4 Å². The van der Waals surface area contributed by atoms with Crippen molar-refractivity contribution in [3.63, 3.8) is 0 Å². The van der Waals surface area contributed by atoms with Crippen LogP contribution < -0.4 is 10.6 Å². The molecule has 1 aliphatic rings. The molecule has 1 fully saturated rings. The van der Waals surface area contributed by atoms with Crippen molar-refractivity contribution in [3.8, 4) is 0 Å². The molecule has 6 nitrogen and oxygen atoms in total. The Labute approximate surface area is 171 Å². The van der Waals surface area contributed by atoms with Gasteiger partial charge in [0.2, 0.25) is 11.9 Å². The highest BCUT2D eigenvalue weighted by molar-refractivity contribution is 5.78. The molecule has 156 valence electrons. The average molecular weight is 400 g/mol. The smallest absolute Gasteiger partial charge is 0.225 e. The maximum atomic E-state index is 14.4. The van der Waals surface area contributed by atoms with Crippen molar-refractivity contribution in [2.75, 3.05) is 24.2 Å². The highest BCUT2D eigenvalue weighted by Gasteiger charge is 2.41. The van der Waals surface area contributed by atoms with Gasteiger partial charge >= 0.3 is 0 Å². The lowest BCUT2D eigenvalue weighted by molar-refractivity contribution is -0.144. The van der Waals surface area contributed by atoms with Crippen molar-refractivity contribution in [2.24, 2.45) is 0 Å². The van der Waals surface area contributed by atoms with Crippen molar-refractivity contribution in [1.29, 1.82) is 0 Å². The number of hydrogen-bond acceptors (Lipinski definition) is 5. The van der Waals surface area contributed by atoms with E-state index < -0.39 is 0 Å². The van der Waals surface area contributed by atoms with E-state index in [1.54, 1.807) is 18.3 Å². The van der Waals surface area contributed by atoms with Crippen LogP contribution in [0.3, 0.4) is 0 Å². The second-order valence-corrected chi connectivity index (χ2v) is 7.93. The minimum atomic E-state index is -0.326. The van der Waals surface area contributed by atoms with Gasteiger partial charge in [0.1, 0.15) is 5.82 Å². The molecule has 1 aliphatic heterocycles. The van der Waals surface area contributed by atoms with Crippen LogP contribution in [0.15, 0.2) is 30.5 Å². The summed E-state index contributed by atoms with van der Waals surface area (Å²) in [6.45, 7) is 4.99. The van der Waals surface area contributed by atoms with Crippen molar-refractivity contribution in [2.45, 2.75) is 58.0 Å². The molecule has 7 heteroatoms. The topological polar surface area (TPSA) is 75.4 Å². The molecule has 1 atom stereocenters. The van der Waals surface area contributed by atoms with Gasteiger partial charge in [-0.1, -0.05) is 6.92 Å². The standard InChI is InChI=1S/C22H30FN5O/c1-4-22(11-13-27(3)21-25-12-9-16(2)26-21)10-5-6-20(29)28(22)15-17-14-18(24)7-8-19(17)23/h7-9,12,14H,4-6,10-11,13,15,24H2,1-3H3. The van der Waals surface area contributed by atoms with Gasteiger partial charge in [-0.3, -0.25) is 4.79 Å². The van der Waals surface area contributed by atoms with E-state index >= 15 is 0 Å². The Morgan fingerprint density at radius 3 is 2.86 bits per heavy atom. The van der Waals surface area contributed by atoms with Crippen LogP contribution in [-0.4, -0.2) is 39.9 Å². The number of nitrogen functional groups attached to an aromatic ring is 1. The van der Waals surface area contributed by atoms with Gasteiger partial charge in [0, 0.05) is 55.2 Å². The molecule has 1 aromatic carbocycles.